The van der Waals surface area contributed by atoms with Crippen LogP contribution in [-0.2, 0) is 11.8 Å². The van der Waals surface area contributed by atoms with Crippen molar-refractivity contribution in [1.29, 1.82) is 0 Å². The second kappa shape index (κ2) is 7.86. The number of aryl methyl sites for hydroxylation is 1. The van der Waals surface area contributed by atoms with Gasteiger partial charge in [-0.05, 0) is 36.8 Å². The van der Waals surface area contributed by atoms with E-state index in [1.165, 1.54) is 0 Å². The van der Waals surface area contributed by atoms with Gasteiger partial charge in [0.2, 0.25) is 0 Å². The molecule has 0 saturated carbocycles. The quantitative estimate of drug-likeness (QED) is 0.740. The van der Waals surface area contributed by atoms with Crippen LogP contribution in [0.5, 0.6) is 0 Å². The number of amides is 1. The monoisotopic (exact) mass is 376 g/mol. The van der Waals surface area contributed by atoms with Crippen LogP contribution in [-0.4, -0.2) is 42.0 Å². The molecule has 6 nitrogen and oxygen atoms in total. The Morgan fingerprint density at radius 3 is 2.57 bits per heavy atom. The van der Waals surface area contributed by atoms with Gasteiger partial charge >= 0.3 is 0 Å². The van der Waals surface area contributed by atoms with Gasteiger partial charge in [0.1, 0.15) is 5.69 Å². The zero-order chi connectivity index (χ0) is 19.5. The maximum Gasteiger partial charge on any atom is 0.273 e. The number of carbonyl (C=O) groups is 1. The number of carbonyl (C=O) groups excluding carboxylic acids is 1. The molecule has 3 aromatic rings. The maximum atomic E-state index is 12.7. The van der Waals surface area contributed by atoms with Gasteiger partial charge in [0.15, 0.2) is 0 Å². The number of nitrogens with zero attached hydrogens (tertiary/aromatic N) is 3. The van der Waals surface area contributed by atoms with Crippen molar-refractivity contribution < 1.29 is 9.53 Å². The highest BCUT2D eigenvalue weighted by molar-refractivity contribution is 6.03. The fourth-order valence-electron chi connectivity index (χ4n) is 3.54. The highest BCUT2D eigenvalue weighted by atomic mass is 16.5. The second-order valence-electron chi connectivity index (χ2n) is 7.00. The van der Waals surface area contributed by atoms with Crippen molar-refractivity contribution >= 4 is 17.3 Å². The van der Waals surface area contributed by atoms with Gasteiger partial charge in [0, 0.05) is 44.2 Å². The summed E-state index contributed by atoms with van der Waals surface area (Å²) in [6, 6.07) is 19.6. The van der Waals surface area contributed by atoms with E-state index in [2.05, 4.69) is 15.3 Å². The molecule has 28 heavy (non-hydrogen) atoms. The Balaban J connectivity index is 1.45. The Kier molecular flexibility index (Phi) is 5.12. The number of aromatic nitrogens is 2. The first-order chi connectivity index (χ1) is 13.6. The number of methoxy groups -OCH3 is 1. The summed E-state index contributed by atoms with van der Waals surface area (Å²) in [5.41, 5.74) is 4.19. The zero-order valence-electron chi connectivity index (χ0n) is 16.1. The van der Waals surface area contributed by atoms with Crippen molar-refractivity contribution in [2.75, 3.05) is 30.4 Å². The van der Waals surface area contributed by atoms with Crippen LogP contribution in [0.1, 0.15) is 16.9 Å². The van der Waals surface area contributed by atoms with Crippen LogP contribution in [0.2, 0.25) is 0 Å². The van der Waals surface area contributed by atoms with Gasteiger partial charge < -0.3 is 15.0 Å². The third-order valence-corrected chi connectivity index (χ3v) is 5.15. The Morgan fingerprint density at radius 2 is 1.89 bits per heavy atom. The minimum atomic E-state index is -0.175. The molecule has 1 aromatic heterocycles. The number of benzene rings is 2. The average Bonchev–Trinajstić information content (AvgIpc) is 3.36. The first kappa shape index (κ1) is 18.3. The minimum absolute atomic E-state index is 0.175. The summed E-state index contributed by atoms with van der Waals surface area (Å²) in [4.78, 5) is 15.0. The molecule has 1 fully saturated rings. The van der Waals surface area contributed by atoms with E-state index in [-0.39, 0.29) is 5.91 Å². The van der Waals surface area contributed by atoms with E-state index in [1.54, 1.807) is 18.8 Å². The number of anilines is 2. The predicted octanol–water partition coefficient (Wildman–Crippen LogP) is 3.56. The van der Waals surface area contributed by atoms with Crippen LogP contribution in [0, 0.1) is 0 Å². The summed E-state index contributed by atoms with van der Waals surface area (Å²) in [5, 5.41) is 7.42. The molecule has 0 aliphatic carbocycles. The molecule has 4 rings (SSSR count). The predicted molar refractivity (Wildman–Crippen MR) is 111 cm³/mol. The lowest BCUT2D eigenvalue weighted by Gasteiger charge is -2.18. The van der Waals surface area contributed by atoms with Crippen LogP contribution in [0.3, 0.4) is 0 Å². The molecule has 1 atom stereocenters. The van der Waals surface area contributed by atoms with Crippen LogP contribution in [0.4, 0.5) is 11.4 Å². The average molecular weight is 376 g/mol. The maximum absolute atomic E-state index is 12.7. The molecule has 1 amide bonds. The van der Waals surface area contributed by atoms with Gasteiger partial charge in [-0.2, -0.15) is 5.10 Å². The lowest BCUT2D eigenvalue weighted by atomic mass is 10.1. The first-order valence-electron chi connectivity index (χ1n) is 9.42. The molecule has 1 N–H and O–H groups in total. The number of rotatable bonds is 5. The minimum Gasteiger partial charge on any atom is -0.380 e. The van der Waals surface area contributed by atoms with Crippen molar-refractivity contribution in [3.05, 3.63) is 66.4 Å². The molecule has 2 aromatic carbocycles. The topological polar surface area (TPSA) is 59.4 Å². The van der Waals surface area contributed by atoms with Crippen molar-refractivity contribution in [3.63, 3.8) is 0 Å². The second-order valence-corrected chi connectivity index (χ2v) is 7.00. The summed E-state index contributed by atoms with van der Waals surface area (Å²) in [6.45, 7) is 1.89. The van der Waals surface area contributed by atoms with E-state index in [0.29, 0.717) is 11.8 Å². The van der Waals surface area contributed by atoms with Gasteiger partial charge in [-0.3, -0.25) is 9.48 Å². The van der Waals surface area contributed by atoms with Gasteiger partial charge in [-0.1, -0.05) is 30.3 Å². The first-order valence-corrected chi connectivity index (χ1v) is 9.42. The van der Waals surface area contributed by atoms with E-state index >= 15 is 0 Å². The molecule has 1 saturated heterocycles. The molecule has 0 spiro atoms. The molecule has 6 heteroatoms. The highest BCUT2D eigenvalue weighted by Gasteiger charge is 2.22. The number of nitrogens with one attached hydrogen (secondary N) is 1. The molecular weight excluding hydrogens is 352 g/mol. The summed E-state index contributed by atoms with van der Waals surface area (Å²) in [7, 11) is 3.54. The molecule has 1 aliphatic heterocycles. The SMILES string of the molecule is CO[C@H]1CCN(c2ccc(NC(=O)c3cc(-c4ccccc4)nn3C)cc2)C1. The van der Waals surface area contributed by atoms with E-state index in [4.69, 9.17) is 4.74 Å². The van der Waals surface area contributed by atoms with Gasteiger partial charge in [-0.25, -0.2) is 0 Å². The Labute approximate surface area is 164 Å². The fraction of sp³-hybridized carbons (Fsp3) is 0.273. The molecule has 144 valence electrons. The van der Waals surface area contributed by atoms with Crippen molar-refractivity contribution in [3.8, 4) is 11.3 Å². The largest absolute Gasteiger partial charge is 0.380 e. The van der Waals surface area contributed by atoms with Crippen molar-refractivity contribution in [1.82, 2.24) is 9.78 Å². The third-order valence-electron chi connectivity index (χ3n) is 5.15. The normalized spacial score (nSPS) is 16.4. The standard InChI is InChI=1S/C22H24N4O2/c1-25-21(14-20(24-25)16-6-4-3-5-7-16)22(27)23-17-8-10-18(11-9-17)26-13-12-19(15-26)28-2/h3-11,14,19H,12-13,15H2,1-2H3,(H,23,27)/t19-/m0/s1. The van der Waals surface area contributed by atoms with Crippen molar-refractivity contribution in [2.45, 2.75) is 12.5 Å². The number of ether oxygens (including phenoxy) is 1. The summed E-state index contributed by atoms with van der Waals surface area (Å²) >= 11 is 0. The van der Waals surface area contributed by atoms with Crippen molar-refractivity contribution in [2.24, 2.45) is 7.05 Å². The Morgan fingerprint density at radius 1 is 1.14 bits per heavy atom. The number of hydrogen-bond acceptors (Lipinski definition) is 4. The summed E-state index contributed by atoms with van der Waals surface area (Å²) in [6.07, 6.45) is 1.34. The highest BCUT2D eigenvalue weighted by Crippen LogP contribution is 2.24. The fourth-order valence-corrected chi connectivity index (χ4v) is 3.54. The van der Waals surface area contributed by atoms with Crippen LogP contribution < -0.4 is 10.2 Å². The smallest absolute Gasteiger partial charge is 0.273 e. The van der Waals surface area contributed by atoms with E-state index in [0.717, 1.165) is 42.1 Å². The Hall–Kier alpha value is -3.12. The third kappa shape index (κ3) is 3.77. The zero-order valence-corrected chi connectivity index (χ0v) is 16.1. The van der Waals surface area contributed by atoms with Crippen LogP contribution in [0.25, 0.3) is 11.3 Å². The summed E-state index contributed by atoms with van der Waals surface area (Å²) in [5.74, 6) is -0.175. The van der Waals surface area contributed by atoms with Crippen LogP contribution in [0.15, 0.2) is 60.7 Å². The molecular formula is C22H24N4O2. The molecule has 1 aliphatic rings. The van der Waals surface area contributed by atoms with Crippen LogP contribution >= 0.6 is 0 Å². The molecule has 0 bridgehead atoms. The van der Waals surface area contributed by atoms with Gasteiger partial charge in [0.25, 0.3) is 5.91 Å². The summed E-state index contributed by atoms with van der Waals surface area (Å²) < 4.78 is 7.04. The molecule has 2 heterocycles. The lowest BCUT2D eigenvalue weighted by molar-refractivity contribution is 0.101. The molecule has 0 radical (unpaired) electrons. The van der Waals surface area contributed by atoms with E-state index < -0.39 is 0 Å². The Bertz CT molecular complexity index is 950. The molecule has 0 unspecified atom stereocenters. The van der Waals surface area contributed by atoms with E-state index in [1.807, 2.05) is 60.7 Å². The van der Waals surface area contributed by atoms with E-state index in [9.17, 15) is 4.79 Å². The lowest BCUT2D eigenvalue weighted by Crippen LogP contribution is -2.22. The number of hydrogen-bond donors (Lipinski definition) is 1. The van der Waals surface area contributed by atoms with Gasteiger partial charge in [-0.15, -0.1) is 0 Å². The van der Waals surface area contributed by atoms with Gasteiger partial charge in [0.05, 0.1) is 11.8 Å².